The SMILES string of the molecule is C[C@@H](OC(=O)/C=C/c1ccco1)C(=O)Nc1ccc(OCc2ccccc2)cc1. The average Bonchev–Trinajstić information content (AvgIpc) is 3.26. The molecule has 29 heavy (non-hydrogen) atoms. The number of nitrogens with one attached hydrogen (secondary N) is 1. The van der Waals surface area contributed by atoms with Crippen LogP contribution >= 0.6 is 0 Å². The molecule has 2 aromatic carbocycles. The third-order valence-corrected chi connectivity index (χ3v) is 3.96. The molecule has 0 aliphatic heterocycles. The highest BCUT2D eigenvalue weighted by molar-refractivity contribution is 5.96. The maximum absolute atomic E-state index is 12.2. The highest BCUT2D eigenvalue weighted by atomic mass is 16.5. The van der Waals surface area contributed by atoms with Crippen molar-refractivity contribution in [2.24, 2.45) is 0 Å². The van der Waals surface area contributed by atoms with Crippen molar-refractivity contribution in [3.05, 3.63) is 90.4 Å². The van der Waals surface area contributed by atoms with E-state index in [9.17, 15) is 9.59 Å². The van der Waals surface area contributed by atoms with Gasteiger partial charge in [0.15, 0.2) is 6.10 Å². The molecule has 0 bridgehead atoms. The lowest BCUT2D eigenvalue weighted by Crippen LogP contribution is -2.29. The predicted octanol–water partition coefficient (Wildman–Crippen LogP) is 4.44. The van der Waals surface area contributed by atoms with Gasteiger partial charge in [-0.05, 0) is 55.0 Å². The van der Waals surface area contributed by atoms with E-state index in [1.807, 2.05) is 30.3 Å². The van der Waals surface area contributed by atoms with E-state index in [1.54, 1.807) is 36.4 Å². The molecule has 1 amide bonds. The van der Waals surface area contributed by atoms with Crippen LogP contribution in [-0.4, -0.2) is 18.0 Å². The Morgan fingerprint density at radius 3 is 2.48 bits per heavy atom. The Labute approximate surface area is 168 Å². The summed E-state index contributed by atoms with van der Waals surface area (Å²) in [5, 5.41) is 2.70. The third kappa shape index (κ3) is 6.39. The van der Waals surface area contributed by atoms with Crippen LogP contribution in [0.1, 0.15) is 18.2 Å². The number of rotatable bonds is 8. The molecule has 3 aromatic rings. The number of anilines is 1. The van der Waals surface area contributed by atoms with Gasteiger partial charge in [0.05, 0.1) is 6.26 Å². The number of ether oxygens (including phenoxy) is 2. The van der Waals surface area contributed by atoms with Crippen molar-refractivity contribution >= 4 is 23.6 Å². The third-order valence-electron chi connectivity index (χ3n) is 3.96. The fraction of sp³-hybridized carbons (Fsp3) is 0.130. The Morgan fingerprint density at radius 1 is 1.03 bits per heavy atom. The van der Waals surface area contributed by atoms with Gasteiger partial charge in [-0.15, -0.1) is 0 Å². The van der Waals surface area contributed by atoms with Crippen LogP contribution in [0.15, 0.2) is 83.5 Å². The van der Waals surface area contributed by atoms with E-state index < -0.39 is 18.0 Å². The molecule has 148 valence electrons. The lowest BCUT2D eigenvalue weighted by Gasteiger charge is -2.13. The van der Waals surface area contributed by atoms with Gasteiger partial charge in [-0.25, -0.2) is 4.79 Å². The minimum atomic E-state index is -0.947. The van der Waals surface area contributed by atoms with Gasteiger partial charge in [-0.2, -0.15) is 0 Å². The van der Waals surface area contributed by atoms with Gasteiger partial charge >= 0.3 is 5.97 Å². The topological polar surface area (TPSA) is 77.8 Å². The van der Waals surface area contributed by atoms with Crippen molar-refractivity contribution in [1.29, 1.82) is 0 Å². The van der Waals surface area contributed by atoms with Crippen molar-refractivity contribution in [3.63, 3.8) is 0 Å². The molecule has 1 aromatic heterocycles. The molecule has 1 N–H and O–H groups in total. The quantitative estimate of drug-likeness (QED) is 0.454. The van der Waals surface area contributed by atoms with Crippen molar-refractivity contribution in [2.75, 3.05) is 5.32 Å². The Kier molecular flexibility index (Phi) is 6.84. The van der Waals surface area contributed by atoms with Crippen LogP contribution < -0.4 is 10.1 Å². The summed E-state index contributed by atoms with van der Waals surface area (Å²) in [7, 11) is 0. The number of furan rings is 1. The van der Waals surface area contributed by atoms with E-state index in [1.165, 1.54) is 25.3 Å². The van der Waals surface area contributed by atoms with Gasteiger partial charge < -0.3 is 19.2 Å². The summed E-state index contributed by atoms with van der Waals surface area (Å²) in [6.45, 7) is 1.97. The van der Waals surface area contributed by atoms with Crippen molar-refractivity contribution < 1.29 is 23.5 Å². The number of carbonyl (C=O) groups excluding carboxylic acids is 2. The van der Waals surface area contributed by atoms with Crippen molar-refractivity contribution in [1.82, 2.24) is 0 Å². The van der Waals surface area contributed by atoms with E-state index >= 15 is 0 Å². The molecule has 0 fully saturated rings. The Morgan fingerprint density at radius 2 is 1.79 bits per heavy atom. The van der Waals surface area contributed by atoms with Gasteiger partial charge in [0.25, 0.3) is 5.91 Å². The average molecular weight is 391 g/mol. The zero-order chi connectivity index (χ0) is 20.5. The predicted molar refractivity (Wildman–Crippen MR) is 109 cm³/mol. The second-order valence-corrected chi connectivity index (χ2v) is 6.22. The number of hydrogen-bond donors (Lipinski definition) is 1. The molecule has 0 saturated heterocycles. The van der Waals surface area contributed by atoms with Crippen LogP contribution in [0, 0.1) is 0 Å². The zero-order valence-electron chi connectivity index (χ0n) is 15.9. The first-order valence-electron chi connectivity index (χ1n) is 9.10. The summed E-state index contributed by atoms with van der Waals surface area (Å²) in [4.78, 5) is 24.0. The van der Waals surface area contributed by atoms with Crippen molar-refractivity contribution in [3.8, 4) is 5.75 Å². The molecule has 0 radical (unpaired) electrons. The highest BCUT2D eigenvalue weighted by Gasteiger charge is 2.16. The molecule has 6 nitrogen and oxygen atoms in total. The molecule has 0 spiro atoms. The summed E-state index contributed by atoms with van der Waals surface area (Å²) < 4.78 is 15.9. The summed E-state index contributed by atoms with van der Waals surface area (Å²) in [5.41, 5.74) is 1.65. The molecule has 0 aliphatic rings. The molecular formula is C23H21NO5. The monoisotopic (exact) mass is 391 g/mol. The standard InChI is InChI=1S/C23H21NO5/c1-17(29-22(25)14-13-20-8-5-15-27-20)23(26)24-19-9-11-21(12-10-19)28-16-18-6-3-2-4-7-18/h2-15,17H,16H2,1H3,(H,24,26)/b14-13+/t17-/m1/s1. The second-order valence-electron chi connectivity index (χ2n) is 6.22. The van der Waals surface area contributed by atoms with Crippen LogP contribution in [0.25, 0.3) is 6.08 Å². The minimum absolute atomic E-state index is 0.428. The van der Waals surface area contributed by atoms with Crippen LogP contribution in [0.5, 0.6) is 5.75 Å². The second kappa shape index (κ2) is 9.94. The van der Waals surface area contributed by atoms with E-state index in [-0.39, 0.29) is 0 Å². The van der Waals surface area contributed by atoms with Crippen molar-refractivity contribution in [2.45, 2.75) is 19.6 Å². The number of carbonyl (C=O) groups is 2. The summed E-state index contributed by atoms with van der Waals surface area (Å²) >= 11 is 0. The molecule has 0 unspecified atom stereocenters. The van der Waals surface area contributed by atoms with Gasteiger partial charge in [0.2, 0.25) is 0 Å². The van der Waals surface area contributed by atoms with E-state index in [0.29, 0.717) is 23.8 Å². The van der Waals surface area contributed by atoms with Gasteiger partial charge in [0.1, 0.15) is 18.1 Å². The van der Waals surface area contributed by atoms with Gasteiger partial charge in [-0.3, -0.25) is 4.79 Å². The molecule has 0 saturated carbocycles. The van der Waals surface area contributed by atoms with E-state index in [2.05, 4.69) is 5.32 Å². The Bertz CT molecular complexity index is 947. The van der Waals surface area contributed by atoms with E-state index in [0.717, 1.165) is 5.56 Å². The summed E-state index contributed by atoms with van der Waals surface area (Å²) in [6.07, 6.45) is 3.24. The molecule has 6 heteroatoms. The fourth-order valence-corrected chi connectivity index (χ4v) is 2.42. The fourth-order valence-electron chi connectivity index (χ4n) is 2.42. The largest absolute Gasteiger partial charge is 0.489 e. The molecule has 1 atom stereocenters. The molecule has 3 rings (SSSR count). The maximum atomic E-state index is 12.2. The first-order chi connectivity index (χ1) is 14.1. The molecule has 1 heterocycles. The van der Waals surface area contributed by atoms with Gasteiger partial charge in [-0.1, -0.05) is 30.3 Å². The first kappa shape index (κ1) is 19.9. The van der Waals surface area contributed by atoms with Gasteiger partial charge in [0, 0.05) is 11.8 Å². The zero-order valence-corrected chi connectivity index (χ0v) is 15.9. The first-order valence-corrected chi connectivity index (χ1v) is 9.10. The maximum Gasteiger partial charge on any atom is 0.331 e. The Balaban J connectivity index is 1.46. The summed E-state index contributed by atoms with van der Waals surface area (Å²) in [6, 6.07) is 20.2. The number of amides is 1. The number of esters is 1. The highest BCUT2D eigenvalue weighted by Crippen LogP contribution is 2.17. The Hall–Kier alpha value is -3.80. The molecular weight excluding hydrogens is 370 g/mol. The lowest BCUT2D eigenvalue weighted by molar-refractivity contribution is -0.148. The summed E-state index contributed by atoms with van der Waals surface area (Å²) in [5.74, 6) is 0.152. The normalized spacial score (nSPS) is 11.8. The smallest absolute Gasteiger partial charge is 0.331 e. The lowest BCUT2D eigenvalue weighted by atomic mass is 10.2. The van der Waals surface area contributed by atoms with Crippen LogP contribution in [0.2, 0.25) is 0 Å². The van der Waals surface area contributed by atoms with Crippen LogP contribution in [0.3, 0.4) is 0 Å². The minimum Gasteiger partial charge on any atom is -0.489 e. The number of benzene rings is 2. The van der Waals surface area contributed by atoms with Crippen LogP contribution in [0.4, 0.5) is 5.69 Å². The van der Waals surface area contributed by atoms with E-state index in [4.69, 9.17) is 13.9 Å². The molecule has 0 aliphatic carbocycles. The van der Waals surface area contributed by atoms with Crippen LogP contribution in [-0.2, 0) is 20.9 Å². The number of hydrogen-bond acceptors (Lipinski definition) is 5.